The van der Waals surface area contributed by atoms with Gasteiger partial charge in [0.1, 0.15) is 5.75 Å². The van der Waals surface area contributed by atoms with E-state index in [2.05, 4.69) is 15.4 Å². The molecule has 0 radical (unpaired) electrons. The molecule has 0 heterocycles. The number of sulfonamides is 1. The summed E-state index contributed by atoms with van der Waals surface area (Å²) >= 11 is 0. The number of hydrogen-bond donors (Lipinski definition) is 3. The number of benzene rings is 3. The minimum Gasteiger partial charge on any atom is -0.495 e. The van der Waals surface area contributed by atoms with Crippen LogP contribution in [0.1, 0.15) is 27.0 Å². The van der Waals surface area contributed by atoms with E-state index in [0.29, 0.717) is 22.6 Å². The van der Waals surface area contributed by atoms with Gasteiger partial charge in [-0.1, -0.05) is 24.3 Å². The molecule has 3 N–H and O–H groups in total. The van der Waals surface area contributed by atoms with Crippen LogP contribution in [-0.2, 0) is 14.8 Å². The lowest BCUT2D eigenvalue weighted by Crippen LogP contribution is -2.33. The first-order chi connectivity index (χ1) is 16.1. The Bertz CT molecular complexity index is 1340. The third-order valence-corrected chi connectivity index (χ3v) is 6.80. The van der Waals surface area contributed by atoms with Crippen LogP contribution < -0.4 is 20.1 Å². The van der Waals surface area contributed by atoms with Crippen LogP contribution in [0.3, 0.4) is 0 Å². The number of aryl methyl sites for hydroxylation is 3. The maximum Gasteiger partial charge on any atom is 0.262 e. The van der Waals surface area contributed by atoms with Crippen LogP contribution in [0.25, 0.3) is 0 Å². The molecule has 3 aromatic carbocycles. The highest BCUT2D eigenvalue weighted by atomic mass is 32.2. The van der Waals surface area contributed by atoms with E-state index in [0.717, 1.165) is 11.1 Å². The van der Waals surface area contributed by atoms with Crippen molar-refractivity contribution in [1.82, 2.24) is 5.32 Å². The van der Waals surface area contributed by atoms with E-state index in [9.17, 15) is 18.0 Å². The first-order valence-electron chi connectivity index (χ1n) is 10.5. The van der Waals surface area contributed by atoms with Crippen molar-refractivity contribution < 1.29 is 22.7 Å². The van der Waals surface area contributed by atoms with Crippen molar-refractivity contribution in [2.75, 3.05) is 23.7 Å². The number of carbonyl (C=O) groups is 2. The van der Waals surface area contributed by atoms with Crippen molar-refractivity contribution in [2.45, 2.75) is 25.7 Å². The number of carbonyl (C=O) groups excluding carboxylic acids is 2. The number of ether oxygens (including phenoxy) is 1. The summed E-state index contributed by atoms with van der Waals surface area (Å²) in [6.45, 7) is 5.25. The van der Waals surface area contributed by atoms with Gasteiger partial charge in [-0.2, -0.15) is 0 Å². The van der Waals surface area contributed by atoms with Crippen LogP contribution in [0.2, 0.25) is 0 Å². The van der Waals surface area contributed by atoms with Crippen LogP contribution in [-0.4, -0.2) is 33.9 Å². The third-order valence-electron chi connectivity index (χ3n) is 5.29. The van der Waals surface area contributed by atoms with Gasteiger partial charge < -0.3 is 15.4 Å². The van der Waals surface area contributed by atoms with Gasteiger partial charge in [0.25, 0.3) is 15.9 Å². The average molecular weight is 482 g/mol. The fourth-order valence-electron chi connectivity index (χ4n) is 3.25. The van der Waals surface area contributed by atoms with Crippen molar-refractivity contribution in [3.8, 4) is 5.75 Å². The summed E-state index contributed by atoms with van der Waals surface area (Å²) < 4.78 is 33.8. The van der Waals surface area contributed by atoms with E-state index in [1.165, 1.54) is 13.2 Å². The van der Waals surface area contributed by atoms with Gasteiger partial charge in [0.15, 0.2) is 0 Å². The monoisotopic (exact) mass is 481 g/mol. The fourth-order valence-corrected chi connectivity index (χ4v) is 4.59. The normalized spacial score (nSPS) is 10.9. The molecule has 0 aromatic heterocycles. The first-order valence-corrected chi connectivity index (χ1v) is 12.0. The van der Waals surface area contributed by atoms with Gasteiger partial charge in [-0.25, -0.2) is 8.42 Å². The zero-order valence-electron chi connectivity index (χ0n) is 19.4. The third kappa shape index (κ3) is 5.93. The van der Waals surface area contributed by atoms with Crippen molar-refractivity contribution in [3.63, 3.8) is 0 Å². The number of hydrogen-bond acceptors (Lipinski definition) is 5. The van der Waals surface area contributed by atoms with E-state index >= 15 is 0 Å². The van der Waals surface area contributed by atoms with Crippen LogP contribution in [0.15, 0.2) is 65.6 Å². The lowest BCUT2D eigenvalue weighted by atomic mass is 10.1. The van der Waals surface area contributed by atoms with Crippen molar-refractivity contribution in [1.29, 1.82) is 0 Å². The zero-order valence-corrected chi connectivity index (χ0v) is 20.2. The van der Waals surface area contributed by atoms with Gasteiger partial charge in [-0.3, -0.25) is 14.3 Å². The van der Waals surface area contributed by atoms with Gasteiger partial charge >= 0.3 is 0 Å². The molecule has 0 unspecified atom stereocenters. The highest BCUT2D eigenvalue weighted by Gasteiger charge is 2.20. The second kappa shape index (κ2) is 10.4. The molecule has 0 aliphatic heterocycles. The summed E-state index contributed by atoms with van der Waals surface area (Å²) in [5.74, 6) is -0.471. The number of para-hydroxylation sites is 2. The lowest BCUT2D eigenvalue weighted by Gasteiger charge is -2.14. The fraction of sp³-hybridized carbons (Fsp3) is 0.200. The SMILES string of the molecule is COc1ccccc1NS(=O)(=O)c1cc(NC(=O)CNC(=O)c2ccc(C)c(C)c2)ccc1C. The Morgan fingerprint density at radius 3 is 2.29 bits per heavy atom. The molecular weight excluding hydrogens is 454 g/mol. The zero-order chi connectivity index (χ0) is 24.9. The lowest BCUT2D eigenvalue weighted by molar-refractivity contribution is -0.115. The van der Waals surface area contributed by atoms with Crippen molar-refractivity contribution in [3.05, 3.63) is 82.9 Å². The number of nitrogens with one attached hydrogen (secondary N) is 3. The Morgan fingerprint density at radius 1 is 0.882 bits per heavy atom. The molecule has 3 rings (SSSR count). The molecule has 3 aromatic rings. The second-order valence-corrected chi connectivity index (χ2v) is 9.47. The smallest absolute Gasteiger partial charge is 0.262 e. The summed E-state index contributed by atoms with van der Waals surface area (Å²) in [5.41, 5.74) is 3.60. The molecule has 9 heteroatoms. The molecule has 0 saturated carbocycles. The van der Waals surface area contributed by atoms with E-state index in [1.807, 2.05) is 19.9 Å². The molecule has 8 nitrogen and oxygen atoms in total. The van der Waals surface area contributed by atoms with Gasteiger partial charge in [0.2, 0.25) is 5.91 Å². The molecule has 178 valence electrons. The Kier molecular flexibility index (Phi) is 7.57. The van der Waals surface area contributed by atoms with E-state index in [-0.39, 0.29) is 23.0 Å². The molecule has 34 heavy (non-hydrogen) atoms. The maximum absolute atomic E-state index is 13.0. The van der Waals surface area contributed by atoms with Crippen LogP contribution in [0, 0.1) is 20.8 Å². The van der Waals surface area contributed by atoms with Crippen LogP contribution in [0.4, 0.5) is 11.4 Å². The molecule has 2 amide bonds. The van der Waals surface area contributed by atoms with Gasteiger partial charge in [0, 0.05) is 11.3 Å². The molecule has 0 aliphatic rings. The van der Waals surface area contributed by atoms with E-state index < -0.39 is 15.9 Å². The maximum atomic E-state index is 13.0. The highest BCUT2D eigenvalue weighted by Crippen LogP contribution is 2.28. The van der Waals surface area contributed by atoms with Crippen LogP contribution in [0.5, 0.6) is 5.75 Å². The predicted octanol–water partition coefficient (Wildman–Crippen LogP) is 3.79. The summed E-state index contributed by atoms with van der Waals surface area (Å²) in [4.78, 5) is 24.7. The highest BCUT2D eigenvalue weighted by molar-refractivity contribution is 7.92. The summed E-state index contributed by atoms with van der Waals surface area (Å²) in [7, 11) is -2.50. The summed E-state index contributed by atoms with van der Waals surface area (Å²) in [6, 6.07) is 16.5. The van der Waals surface area contributed by atoms with Crippen LogP contribution >= 0.6 is 0 Å². The Labute approximate surface area is 199 Å². The molecule has 0 fully saturated rings. The molecule has 0 atom stereocenters. The number of anilines is 2. The van der Waals surface area contributed by atoms with E-state index in [1.54, 1.807) is 55.5 Å². The number of methoxy groups -OCH3 is 1. The van der Waals surface area contributed by atoms with Gasteiger partial charge in [-0.05, 0) is 73.9 Å². The van der Waals surface area contributed by atoms with Crippen molar-refractivity contribution in [2.24, 2.45) is 0 Å². The summed E-state index contributed by atoms with van der Waals surface area (Å²) in [5, 5.41) is 5.20. The van der Waals surface area contributed by atoms with Gasteiger partial charge in [-0.15, -0.1) is 0 Å². The Balaban J connectivity index is 1.69. The van der Waals surface area contributed by atoms with Crippen molar-refractivity contribution >= 4 is 33.2 Å². The Morgan fingerprint density at radius 2 is 1.59 bits per heavy atom. The van der Waals surface area contributed by atoms with Gasteiger partial charge in [0.05, 0.1) is 24.2 Å². The first kappa shape index (κ1) is 24.8. The summed E-state index contributed by atoms with van der Waals surface area (Å²) in [6.07, 6.45) is 0. The molecule has 0 spiro atoms. The molecule has 0 saturated heterocycles. The molecular formula is C25H27N3O5S. The Hall–Kier alpha value is -3.85. The standard InChI is InChI=1S/C25H27N3O5S/c1-16-9-11-19(13-18(16)3)25(30)26-15-24(29)27-20-12-10-17(2)23(14-20)34(31,32)28-21-7-5-6-8-22(21)33-4/h5-14,28H,15H2,1-4H3,(H,26,30)(H,27,29). The molecule has 0 aliphatic carbocycles. The molecule has 0 bridgehead atoms. The second-order valence-electron chi connectivity index (χ2n) is 7.82. The number of amides is 2. The topological polar surface area (TPSA) is 114 Å². The van der Waals surface area contributed by atoms with E-state index in [4.69, 9.17) is 4.74 Å². The minimum absolute atomic E-state index is 0.00960. The average Bonchev–Trinajstić information content (AvgIpc) is 2.80. The number of rotatable bonds is 8. The minimum atomic E-state index is -3.96. The predicted molar refractivity (Wildman–Crippen MR) is 132 cm³/mol. The quantitative estimate of drug-likeness (QED) is 0.453. The largest absolute Gasteiger partial charge is 0.495 e.